The van der Waals surface area contributed by atoms with E-state index in [4.69, 9.17) is 9.47 Å². The van der Waals surface area contributed by atoms with Crippen molar-refractivity contribution in [1.82, 2.24) is 15.1 Å². The van der Waals surface area contributed by atoms with Crippen molar-refractivity contribution >= 4 is 11.9 Å². The van der Waals surface area contributed by atoms with Gasteiger partial charge in [0.15, 0.2) is 6.10 Å². The summed E-state index contributed by atoms with van der Waals surface area (Å²) in [5, 5.41) is 7.11. The van der Waals surface area contributed by atoms with Crippen molar-refractivity contribution in [3.05, 3.63) is 66.1 Å². The maximum Gasteiger partial charge on any atom is 0.342 e. The van der Waals surface area contributed by atoms with Gasteiger partial charge in [-0.25, -0.2) is 13.9 Å². The Morgan fingerprint density at radius 3 is 2.60 bits per heavy atom. The zero-order chi connectivity index (χ0) is 21.7. The highest BCUT2D eigenvalue weighted by atomic mass is 19.1. The standard InChI is InChI=1S/C22H22FN3O4/c1-4-24-21(27)14(2)30-22(28)19-13-26(17-10-8-16(23)9-11-17)25-20(19)15-6-5-7-18(12-15)29-3/h5-14H,4H2,1-3H3,(H,24,27)/t14-/m0/s1. The van der Waals surface area contributed by atoms with Gasteiger partial charge in [-0.1, -0.05) is 12.1 Å². The number of halogens is 1. The summed E-state index contributed by atoms with van der Waals surface area (Å²) >= 11 is 0. The molecule has 1 aromatic heterocycles. The molecule has 0 bridgehead atoms. The van der Waals surface area contributed by atoms with E-state index in [-0.39, 0.29) is 17.3 Å². The number of methoxy groups -OCH3 is 1. The molecule has 8 heteroatoms. The molecule has 1 amide bonds. The second-order valence-electron chi connectivity index (χ2n) is 6.49. The molecule has 1 N–H and O–H groups in total. The minimum absolute atomic E-state index is 0.170. The van der Waals surface area contributed by atoms with E-state index in [2.05, 4.69) is 10.4 Å². The molecule has 3 rings (SSSR count). The van der Waals surface area contributed by atoms with E-state index >= 15 is 0 Å². The monoisotopic (exact) mass is 411 g/mol. The summed E-state index contributed by atoms with van der Waals surface area (Å²) < 4.78 is 25.4. The first-order valence-corrected chi connectivity index (χ1v) is 9.41. The average Bonchev–Trinajstić information content (AvgIpc) is 3.20. The van der Waals surface area contributed by atoms with Gasteiger partial charge in [0, 0.05) is 18.3 Å². The maximum absolute atomic E-state index is 13.3. The van der Waals surface area contributed by atoms with Gasteiger partial charge in [0.05, 0.1) is 12.8 Å². The number of rotatable bonds is 7. The summed E-state index contributed by atoms with van der Waals surface area (Å²) in [4.78, 5) is 24.8. The number of hydrogen-bond donors (Lipinski definition) is 1. The predicted octanol–water partition coefficient (Wildman–Crippen LogP) is 3.37. The molecule has 156 valence electrons. The molecule has 0 aliphatic rings. The van der Waals surface area contributed by atoms with Gasteiger partial charge in [-0.05, 0) is 50.2 Å². The third-order valence-electron chi connectivity index (χ3n) is 4.37. The van der Waals surface area contributed by atoms with Gasteiger partial charge in [0.1, 0.15) is 22.8 Å². The van der Waals surface area contributed by atoms with Crippen molar-refractivity contribution in [2.75, 3.05) is 13.7 Å². The molecule has 0 spiro atoms. The molecule has 0 fully saturated rings. The fraction of sp³-hybridized carbons (Fsp3) is 0.227. The highest BCUT2D eigenvalue weighted by Gasteiger charge is 2.24. The number of esters is 1. The molecule has 7 nitrogen and oxygen atoms in total. The first-order valence-electron chi connectivity index (χ1n) is 9.41. The molecule has 1 heterocycles. The second-order valence-corrected chi connectivity index (χ2v) is 6.49. The van der Waals surface area contributed by atoms with Gasteiger partial charge in [-0.15, -0.1) is 0 Å². The number of carbonyl (C=O) groups excluding carboxylic acids is 2. The van der Waals surface area contributed by atoms with E-state index in [0.29, 0.717) is 29.2 Å². The number of hydrogen-bond acceptors (Lipinski definition) is 5. The SMILES string of the molecule is CCNC(=O)[C@H](C)OC(=O)c1cn(-c2ccc(F)cc2)nc1-c1cccc(OC)c1. The number of nitrogens with one attached hydrogen (secondary N) is 1. The third-order valence-corrected chi connectivity index (χ3v) is 4.37. The number of carbonyl (C=O) groups is 2. The Hall–Kier alpha value is -3.68. The van der Waals surface area contributed by atoms with Crippen molar-refractivity contribution in [1.29, 1.82) is 0 Å². The van der Waals surface area contributed by atoms with Crippen LogP contribution in [0.25, 0.3) is 16.9 Å². The molecule has 3 aromatic rings. The summed E-state index contributed by atoms with van der Waals surface area (Å²) in [6, 6.07) is 12.8. The van der Waals surface area contributed by atoms with Crippen LogP contribution in [0.5, 0.6) is 5.75 Å². The number of likely N-dealkylation sites (N-methyl/N-ethyl adjacent to an activating group) is 1. The Kier molecular flexibility index (Phi) is 6.46. The topological polar surface area (TPSA) is 82.5 Å². The van der Waals surface area contributed by atoms with Crippen molar-refractivity contribution in [3.8, 4) is 22.7 Å². The van der Waals surface area contributed by atoms with E-state index in [1.165, 1.54) is 29.9 Å². The van der Waals surface area contributed by atoms with Crippen LogP contribution in [0.3, 0.4) is 0 Å². The summed E-state index contributed by atoms with van der Waals surface area (Å²) in [5.41, 5.74) is 1.72. The number of ether oxygens (including phenoxy) is 2. The smallest absolute Gasteiger partial charge is 0.342 e. The van der Waals surface area contributed by atoms with Crippen LogP contribution in [0.1, 0.15) is 24.2 Å². The molecule has 0 aliphatic heterocycles. The Morgan fingerprint density at radius 2 is 1.93 bits per heavy atom. The van der Waals surface area contributed by atoms with Crippen molar-refractivity contribution < 1.29 is 23.5 Å². The maximum atomic E-state index is 13.3. The average molecular weight is 411 g/mol. The van der Waals surface area contributed by atoms with E-state index in [1.807, 2.05) is 0 Å². The minimum Gasteiger partial charge on any atom is -0.497 e. The summed E-state index contributed by atoms with van der Waals surface area (Å²) in [6.07, 6.45) is 0.527. The Morgan fingerprint density at radius 1 is 1.20 bits per heavy atom. The van der Waals surface area contributed by atoms with Gasteiger partial charge in [-0.2, -0.15) is 5.10 Å². The zero-order valence-corrected chi connectivity index (χ0v) is 16.9. The van der Waals surface area contributed by atoms with Gasteiger partial charge >= 0.3 is 5.97 Å². The highest BCUT2D eigenvalue weighted by Crippen LogP contribution is 2.27. The minimum atomic E-state index is -0.968. The van der Waals surface area contributed by atoms with Gasteiger partial charge in [0.25, 0.3) is 5.91 Å². The van der Waals surface area contributed by atoms with E-state index in [0.717, 1.165) is 0 Å². The molecule has 0 radical (unpaired) electrons. The first-order chi connectivity index (χ1) is 14.4. The first kappa shape index (κ1) is 21.0. The normalized spacial score (nSPS) is 11.6. The van der Waals surface area contributed by atoms with Crippen molar-refractivity contribution in [2.45, 2.75) is 20.0 Å². The molecule has 0 saturated carbocycles. The van der Waals surface area contributed by atoms with E-state index in [1.54, 1.807) is 50.4 Å². The third kappa shape index (κ3) is 4.65. The van der Waals surface area contributed by atoms with E-state index < -0.39 is 12.1 Å². The van der Waals surface area contributed by atoms with Crippen LogP contribution >= 0.6 is 0 Å². The molecule has 0 saturated heterocycles. The fourth-order valence-corrected chi connectivity index (χ4v) is 2.83. The quantitative estimate of drug-likeness (QED) is 0.603. The molecule has 1 atom stereocenters. The molecule has 0 aliphatic carbocycles. The molecular formula is C22H22FN3O4. The van der Waals surface area contributed by atoms with Crippen LogP contribution in [-0.2, 0) is 9.53 Å². The van der Waals surface area contributed by atoms with Crippen molar-refractivity contribution in [3.63, 3.8) is 0 Å². The lowest BCUT2D eigenvalue weighted by molar-refractivity contribution is -0.128. The zero-order valence-electron chi connectivity index (χ0n) is 16.9. The lowest BCUT2D eigenvalue weighted by atomic mass is 10.1. The summed E-state index contributed by atoms with van der Waals surface area (Å²) in [6.45, 7) is 3.71. The lowest BCUT2D eigenvalue weighted by Crippen LogP contribution is -2.35. The van der Waals surface area contributed by atoms with Crippen LogP contribution in [0.2, 0.25) is 0 Å². The second kappa shape index (κ2) is 9.21. The molecule has 2 aromatic carbocycles. The van der Waals surface area contributed by atoms with Crippen LogP contribution in [0, 0.1) is 5.82 Å². The van der Waals surface area contributed by atoms with Crippen LogP contribution in [0.4, 0.5) is 4.39 Å². The Bertz CT molecular complexity index is 1050. The largest absolute Gasteiger partial charge is 0.497 e. The van der Waals surface area contributed by atoms with Gasteiger partial charge < -0.3 is 14.8 Å². The molecule has 30 heavy (non-hydrogen) atoms. The summed E-state index contributed by atoms with van der Waals surface area (Å²) in [5.74, 6) is -0.868. The number of aromatic nitrogens is 2. The lowest BCUT2D eigenvalue weighted by Gasteiger charge is -2.12. The van der Waals surface area contributed by atoms with Gasteiger partial charge in [0.2, 0.25) is 0 Å². The summed E-state index contributed by atoms with van der Waals surface area (Å²) in [7, 11) is 1.54. The van der Waals surface area contributed by atoms with Crippen molar-refractivity contribution in [2.24, 2.45) is 0 Å². The Balaban J connectivity index is 2.01. The van der Waals surface area contributed by atoms with Crippen LogP contribution in [0.15, 0.2) is 54.7 Å². The van der Waals surface area contributed by atoms with Crippen LogP contribution in [-0.4, -0.2) is 41.4 Å². The number of nitrogens with zero attached hydrogens (tertiary/aromatic N) is 2. The number of benzene rings is 2. The van der Waals surface area contributed by atoms with E-state index in [9.17, 15) is 14.0 Å². The molecular weight excluding hydrogens is 389 g/mol. The predicted molar refractivity (Wildman–Crippen MR) is 109 cm³/mol. The van der Waals surface area contributed by atoms with Gasteiger partial charge in [-0.3, -0.25) is 4.79 Å². The molecule has 0 unspecified atom stereocenters. The Labute approximate surface area is 173 Å². The fourth-order valence-electron chi connectivity index (χ4n) is 2.83. The van der Waals surface area contributed by atoms with Crippen LogP contribution < -0.4 is 10.1 Å². The number of amides is 1. The highest BCUT2D eigenvalue weighted by molar-refractivity contribution is 5.97.